The number of carbonyl (C=O) groups is 1. The van der Waals surface area contributed by atoms with Crippen molar-refractivity contribution < 1.29 is 14.3 Å². The molecule has 0 saturated carbocycles. The summed E-state index contributed by atoms with van der Waals surface area (Å²) in [4.78, 5) is 14.0. The summed E-state index contributed by atoms with van der Waals surface area (Å²) in [5.74, 6) is 0. The van der Waals surface area contributed by atoms with E-state index in [0.29, 0.717) is 13.2 Å². The molecule has 0 aromatic carbocycles. The summed E-state index contributed by atoms with van der Waals surface area (Å²) in [5, 5.41) is 3.42. The van der Waals surface area contributed by atoms with Crippen LogP contribution in [0.2, 0.25) is 0 Å². The Morgan fingerprint density at radius 1 is 1.42 bits per heavy atom. The van der Waals surface area contributed by atoms with Gasteiger partial charge >= 0.3 is 6.09 Å². The fourth-order valence-electron chi connectivity index (χ4n) is 2.76. The molecule has 2 saturated heterocycles. The lowest BCUT2D eigenvalue weighted by Crippen LogP contribution is -2.50. The Kier molecular flexibility index (Phi) is 4.36. The van der Waals surface area contributed by atoms with E-state index in [2.05, 4.69) is 5.32 Å². The zero-order valence-electron chi connectivity index (χ0n) is 12.3. The number of piperidine rings is 1. The van der Waals surface area contributed by atoms with E-state index >= 15 is 0 Å². The number of hydrogen-bond donors (Lipinski definition) is 1. The van der Waals surface area contributed by atoms with E-state index in [0.717, 1.165) is 39.1 Å². The third-order valence-corrected chi connectivity index (χ3v) is 3.65. The fraction of sp³-hybridized carbons (Fsp3) is 0.929. The maximum absolute atomic E-state index is 12.2. The van der Waals surface area contributed by atoms with Crippen LogP contribution in [-0.2, 0) is 9.47 Å². The second-order valence-electron chi connectivity index (χ2n) is 6.73. The minimum atomic E-state index is -0.442. The molecule has 2 rings (SSSR count). The van der Waals surface area contributed by atoms with E-state index in [-0.39, 0.29) is 11.5 Å². The molecule has 0 unspecified atom stereocenters. The topological polar surface area (TPSA) is 50.8 Å². The summed E-state index contributed by atoms with van der Waals surface area (Å²) in [6.45, 7) is 10.4. The molecule has 1 atom stereocenters. The molecular weight excluding hydrogens is 244 g/mol. The Bertz CT molecular complexity index is 319. The molecule has 1 N–H and O–H groups in total. The number of rotatable bonds is 0. The zero-order valence-corrected chi connectivity index (χ0v) is 12.3. The van der Waals surface area contributed by atoms with Crippen molar-refractivity contribution in [1.29, 1.82) is 0 Å². The van der Waals surface area contributed by atoms with Crippen LogP contribution in [0.1, 0.15) is 33.6 Å². The molecule has 2 fully saturated rings. The zero-order chi connectivity index (χ0) is 13.9. The van der Waals surface area contributed by atoms with Crippen molar-refractivity contribution in [3.8, 4) is 0 Å². The van der Waals surface area contributed by atoms with E-state index in [1.807, 2.05) is 25.7 Å². The van der Waals surface area contributed by atoms with Gasteiger partial charge in [0.1, 0.15) is 5.60 Å². The lowest BCUT2D eigenvalue weighted by molar-refractivity contribution is 0.0156. The lowest BCUT2D eigenvalue weighted by Gasteiger charge is -2.39. The molecule has 0 aromatic heterocycles. The normalized spacial score (nSPS) is 29.1. The third-order valence-electron chi connectivity index (χ3n) is 3.65. The first-order valence-corrected chi connectivity index (χ1v) is 7.17. The van der Waals surface area contributed by atoms with Crippen LogP contribution >= 0.6 is 0 Å². The molecule has 0 aliphatic carbocycles. The molecule has 110 valence electrons. The Labute approximate surface area is 115 Å². The number of nitrogens with zero attached hydrogens (tertiary/aromatic N) is 1. The van der Waals surface area contributed by atoms with Gasteiger partial charge in [0, 0.05) is 25.0 Å². The van der Waals surface area contributed by atoms with E-state index in [1.165, 1.54) is 0 Å². The summed E-state index contributed by atoms with van der Waals surface area (Å²) >= 11 is 0. The summed E-state index contributed by atoms with van der Waals surface area (Å²) in [7, 11) is 0. The summed E-state index contributed by atoms with van der Waals surface area (Å²) in [6, 6.07) is 0. The molecule has 5 heteroatoms. The van der Waals surface area contributed by atoms with Crippen molar-refractivity contribution in [2.75, 3.05) is 39.4 Å². The minimum Gasteiger partial charge on any atom is -0.444 e. The molecule has 2 aliphatic heterocycles. The highest BCUT2D eigenvalue weighted by Crippen LogP contribution is 2.30. The van der Waals surface area contributed by atoms with Crippen molar-refractivity contribution in [3.63, 3.8) is 0 Å². The van der Waals surface area contributed by atoms with Gasteiger partial charge in [-0.1, -0.05) is 0 Å². The van der Waals surface area contributed by atoms with E-state index in [9.17, 15) is 4.79 Å². The number of nitrogens with one attached hydrogen (secondary N) is 1. The number of ether oxygens (including phenoxy) is 2. The third kappa shape index (κ3) is 4.08. The van der Waals surface area contributed by atoms with Crippen molar-refractivity contribution >= 4 is 6.09 Å². The molecule has 0 aromatic rings. The highest BCUT2D eigenvalue weighted by Gasteiger charge is 2.38. The number of amides is 1. The highest BCUT2D eigenvalue weighted by molar-refractivity contribution is 5.68. The van der Waals surface area contributed by atoms with Gasteiger partial charge in [-0.05, 0) is 40.2 Å². The van der Waals surface area contributed by atoms with Crippen molar-refractivity contribution in [1.82, 2.24) is 10.2 Å². The van der Waals surface area contributed by atoms with Crippen molar-refractivity contribution in [2.45, 2.75) is 39.2 Å². The van der Waals surface area contributed by atoms with Crippen LogP contribution in [0.5, 0.6) is 0 Å². The summed E-state index contributed by atoms with van der Waals surface area (Å²) < 4.78 is 11.2. The van der Waals surface area contributed by atoms with Crippen LogP contribution < -0.4 is 5.32 Å². The maximum Gasteiger partial charge on any atom is 0.410 e. The number of carbonyl (C=O) groups excluding carboxylic acids is 1. The predicted octanol–water partition coefficient (Wildman–Crippen LogP) is 1.62. The lowest BCUT2D eigenvalue weighted by atomic mass is 9.81. The molecule has 0 bridgehead atoms. The molecule has 0 radical (unpaired) electrons. The van der Waals surface area contributed by atoms with Gasteiger partial charge in [-0.3, -0.25) is 0 Å². The largest absolute Gasteiger partial charge is 0.444 e. The maximum atomic E-state index is 12.2. The first kappa shape index (κ1) is 14.6. The van der Waals surface area contributed by atoms with Crippen LogP contribution in [0.3, 0.4) is 0 Å². The Hall–Kier alpha value is -0.810. The van der Waals surface area contributed by atoms with Crippen LogP contribution in [0.25, 0.3) is 0 Å². The Morgan fingerprint density at radius 3 is 2.84 bits per heavy atom. The molecule has 2 heterocycles. The van der Waals surface area contributed by atoms with Gasteiger partial charge in [-0.2, -0.15) is 0 Å². The molecule has 1 spiro atoms. The monoisotopic (exact) mass is 270 g/mol. The molecule has 5 nitrogen and oxygen atoms in total. The van der Waals surface area contributed by atoms with Crippen LogP contribution in [0.15, 0.2) is 0 Å². The number of hydrogen-bond acceptors (Lipinski definition) is 4. The first-order chi connectivity index (χ1) is 8.90. The molecule has 1 amide bonds. The average Bonchev–Trinajstić information content (AvgIpc) is 2.51. The molecule has 19 heavy (non-hydrogen) atoms. The van der Waals surface area contributed by atoms with Crippen molar-refractivity contribution in [2.24, 2.45) is 5.41 Å². The van der Waals surface area contributed by atoms with Gasteiger partial charge in [-0.25, -0.2) is 4.79 Å². The van der Waals surface area contributed by atoms with E-state index in [4.69, 9.17) is 9.47 Å². The fourth-order valence-corrected chi connectivity index (χ4v) is 2.76. The minimum absolute atomic E-state index is 0.0612. The Morgan fingerprint density at radius 2 is 2.21 bits per heavy atom. The first-order valence-electron chi connectivity index (χ1n) is 7.17. The van der Waals surface area contributed by atoms with Gasteiger partial charge in [0.25, 0.3) is 0 Å². The molecular formula is C14H26N2O3. The van der Waals surface area contributed by atoms with E-state index in [1.54, 1.807) is 0 Å². The smallest absolute Gasteiger partial charge is 0.410 e. The quantitative estimate of drug-likeness (QED) is 0.727. The van der Waals surface area contributed by atoms with E-state index < -0.39 is 5.60 Å². The highest BCUT2D eigenvalue weighted by atomic mass is 16.6. The summed E-state index contributed by atoms with van der Waals surface area (Å²) in [6.07, 6.45) is 2.04. The second kappa shape index (κ2) is 5.67. The van der Waals surface area contributed by atoms with Gasteiger partial charge in [0.05, 0.1) is 13.2 Å². The predicted molar refractivity (Wildman–Crippen MR) is 73.2 cm³/mol. The molecule has 2 aliphatic rings. The second-order valence-corrected chi connectivity index (χ2v) is 6.73. The van der Waals surface area contributed by atoms with Gasteiger partial charge in [-0.15, -0.1) is 0 Å². The Balaban J connectivity index is 2.01. The van der Waals surface area contributed by atoms with Gasteiger partial charge < -0.3 is 19.7 Å². The van der Waals surface area contributed by atoms with Crippen molar-refractivity contribution in [3.05, 3.63) is 0 Å². The van der Waals surface area contributed by atoms with Crippen LogP contribution in [0.4, 0.5) is 4.79 Å². The summed E-state index contributed by atoms with van der Waals surface area (Å²) in [5.41, 5.74) is -0.381. The average molecular weight is 270 g/mol. The van der Waals surface area contributed by atoms with Crippen LogP contribution in [0, 0.1) is 5.41 Å². The van der Waals surface area contributed by atoms with Gasteiger partial charge in [0.2, 0.25) is 0 Å². The SMILES string of the molecule is CC(C)(C)OC(=O)N1CCOC[C@@]2(CCCNC2)C1. The van der Waals surface area contributed by atoms with Crippen LogP contribution in [-0.4, -0.2) is 56.0 Å². The van der Waals surface area contributed by atoms with Gasteiger partial charge in [0.15, 0.2) is 0 Å². The standard InChI is InChI=1S/C14H26N2O3/c1-13(2,3)19-12(17)16-7-8-18-11-14(10-16)5-4-6-15-9-14/h15H,4-11H2,1-3H3/t14-/m1/s1.